The fourth-order valence-corrected chi connectivity index (χ4v) is 2.22. The van der Waals surface area contributed by atoms with Crippen LogP contribution in [-0.4, -0.2) is 26.3 Å². The number of rotatable bonds is 7. The van der Waals surface area contributed by atoms with E-state index in [1.54, 1.807) is 19.2 Å². The molecule has 1 unspecified atom stereocenters. The van der Waals surface area contributed by atoms with Crippen LogP contribution in [-0.2, 0) is 4.74 Å². The molecule has 0 bridgehead atoms. The minimum Gasteiger partial charge on any atom is -0.383 e. The number of hydrogen-bond acceptors (Lipinski definition) is 3. The van der Waals surface area contributed by atoms with Crippen molar-refractivity contribution in [1.82, 2.24) is 0 Å². The highest BCUT2D eigenvalue weighted by atomic mass is 35.5. The maximum absolute atomic E-state index is 6.11. The van der Waals surface area contributed by atoms with Crippen molar-refractivity contribution >= 4 is 40.5 Å². The van der Waals surface area contributed by atoms with E-state index in [0.717, 1.165) is 18.5 Å². The van der Waals surface area contributed by atoms with Crippen LogP contribution >= 0.6 is 34.8 Å². The second-order valence-electron chi connectivity index (χ2n) is 3.97. The molecule has 1 atom stereocenters. The van der Waals surface area contributed by atoms with E-state index in [9.17, 15) is 0 Å². The standard InChI is InChI=1S/C12H17Cl3N2O/c1-18-7-8(3-2-4-16)17-12-6-10(14)9(13)5-11(12)15/h5-6,8,17H,2-4,7,16H2,1H3. The van der Waals surface area contributed by atoms with Crippen molar-refractivity contribution in [1.29, 1.82) is 0 Å². The van der Waals surface area contributed by atoms with Gasteiger partial charge >= 0.3 is 0 Å². The summed E-state index contributed by atoms with van der Waals surface area (Å²) in [6.07, 6.45) is 1.82. The third-order valence-corrected chi connectivity index (χ3v) is 3.53. The molecule has 0 saturated carbocycles. The maximum Gasteiger partial charge on any atom is 0.0664 e. The highest BCUT2D eigenvalue weighted by Crippen LogP contribution is 2.32. The van der Waals surface area contributed by atoms with Crippen LogP contribution in [0.25, 0.3) is 0 Å². The average molecular weight is 312 g/mol. The Hall–Kier alpha value is -0.190. The summed E-state index contributed by atoms with van der Waals surface area (Å²) in [5.74, 6) is 0. The Morgan fingerprint density at radius 2 is 1.89 bits per heavy atom. The Morgan fingerprint density at radius 3 is 2.50 bits per heavy atom. The van der Waals surface area contributed by atoms with Gasteiger partial charge in [0.05, 0.1) is 27.4 Å². The van der Waals surface area contributed by atoms with Crippen LogP contribution in [0, 0.1) is 0 Å². The quantitative estimate of drug-likeness (QED) is 0.753. The molecule has 0 aliphatic rings. The lowest BCUT2D eigenvalue weighted by molar-refractivity contribution is 0.182. The lowest BCUT2D eigenvalue weighted by Crippen LogP contribution is -2.26. The molecule has 1 aromatic carbocycles. The van der Waals surface area contributed by atoms with Crippen LogP contribution < -0.4 is 11.1 Å². The molecular formula is C12H17Cl3N2O. The monoisotopic (exact) mass is 310 g/mol. The van der Waals surface area contributed by atoms with Crippen molar-refractivity contribution in [2.75, 3.05) is 25.6 Å². The molecule has 0 radical (unpaired) electrons. The van der Waals surface area contributed by atoms with Gasteiger partial charge in [0.25, 0.3) is 0 Å². The summed E-state index contributed by atoms with van der Waals surface area (Å²) >= 11 is 18.0. The van der Waals surface area contributed by atoms with Crippen molar-refractivity contribution in [2.45, 2.75) is 18.9 Å². The average Bonchev–Trinajstić information content (AvgIpc) is 2.33. The molecule has 0 fully saturated rings. The molecule has 1 rings (SSSR count). The number of methoxy groups -OCH3 is 1. The zero-order valence-corrected chi connectivity index (χ0v) is 12.4. The van der Waals surface area contributed by atoms with Gasteiger partial charge in [-0.25, -0.2) is 0 Å². The number of anilines is 1. The van der Waals surface area contributed by atoms with Gasteiger partial charge in [-0.2, -0.15) is 0 Å². The molecule has 0 aromatic heterocycles. The van der Waals surface area contributed by atoms with Crippen LogP contribution in [0.3, 0.4) is 0 Å². The summed E-state index contributed by atoms with van der Waals surface area (Å²) in [5.41, 5.74) is 6.26. The lowest BCUT2D eigenvalue weighted by atomic mass is 10.1. The number of ether oxygens (including phenoxy) is 1. The minimum atomic E-state index is 0.147. The van der Waals surface area contributed by atoms with Gasteiger partial charge in [-0.3, -0.25) is 0 Å². The van der Waals surface area contributed by atoms with Crippen LogP contribution in [0.5, 0.6) is 0 Å². The van der Waals surface area contributed by atoms with E-state index in [4.69, 9.17) is 45.3 Å². The lowest BCUT2D eigenvalue weighted by Gasteiger charge is -2.20. The first-order valence-corrected chi connectivity index (χ1v) is 6.82. The van der Waals surface area contributed by atoms with Crippen LogP contribution in [0.4, 0.5) is 5.69 Å². The Morgan fingerprint density at radius 1 is 1.22 bits per heavy atom. The molecule has 0 amide bonds. The Kier molecular flexibility index (Phi) is 7.12. The SMILES string of the molecule is COCC(CCCN)Nc1cc(Cl)c(Cl)cc1Cl. The summed E-state index contributed by atoms with van der Waals surface area (Å²) < 4.78 is 5.16. The van der Waals surface area contributed by atoms with Gasteiger partial charge in [0.2, 0.25) is 0 Å². The number of hydrogen-bond donors (Lipinski definition) is 2. The second kappa shape index (κ2) is 8.08. The predicted molar refractivity (Wildman–Crippen MR) is 79.0 cm³/mol. The third kappa shape index (κ3) is 4.82. The summed E-state index contributed by atoms with van der Waals surface area (Å²) in [6, 6.07) is 3.49. The Labute approximate surface area is 123 Å². The molecule has 1 aromatic rings. The molecule has 0 aliphatic carbocycles. The summed E-state index contributed by atoms with van der Waals surface area (Å²) in [5, 5.41) is 4.75. The number of nitrogens with two attached hydrogens (primary N) is 1. The van der Waals surface area contributed by atoms with Gasteiger partial charge in [-0.15, -0.1) is 0 Å². The fraction of sp³-hybridized carbons (Fsp3) is 0.500. The summed E-state index contributed by atoms with van der Waals surface area (Å²) in [6.45, 7) is 1.23. The van der Waals surface area contributed by atoms with Crippen molar-refractivity contribution in [3.05, 3.63) is 27.2 Å². The molecule has 6 heteroatoms. The van der Waals surface area contributed by atoms with E-state index >= 15 is 0 Å². The van der Waals surface area contributed by atoms with Crippen molar-refractivity contribution in [3.8, 4) is 0 Å². The molecule has 0 heterocycles. The third-order valence-electron chi connectivity index (χ3n) is 2.49. The predicted octanol–water partition coefficient (Wildman–Crippen LogP) is 3.81. The fourth-order valence-electron chi connectivity index (χ4n) is 1.62. The molecule has 0 spiro atoms. The van der Waals surface area contributed by atoms with Gasteiger partial charge < -0.3 is 15.8 Å². The van der Waals surface area contributed by atoms with Crippen LogP contribution in [0.2, 0.25) is 15.1 Å². The zero-order valence-electron chi connectivity index (χ0n) is 10.2. The van der Waals surface area contributed by atoms with E-state index in [0.29, 0.717) is 28.2 Å². The number of halogens is 3. The van der Waals surface area contributed by atoms with Crippen LogP contribution in [0.1, 0.15) is 12.8 Å². The normalized spacial score (nSPS) is 12.5. The van der Waals surface area contributed by atoms with E-state index in [1.165, 1.54) is 0 Å². The molecular weight excluding hydrogens is 295 g/mol. The molecule has 3 nitrogen and oxygen atoms in total. The zero-order chi connectivity index (χ0) is 13.5. The van der Waals surface area contributed by atoms with E-state index in [1.807, 2.05) is 0 Å². The van der Waals surface area contributed by atoms with E-state index in [-0.39, 0.29) is 6.04 Å². The highest BCUT2D eigenvalue weighted by molar-refractivity contribution is 6.44. The van der Waals surface area contributed by atoms with Gasteiger partial charge in [0.15, 0.2) is 0 Å². The van der Waals surface area contributed by atoms with Crippen molar-refractivity contribution in [3.63, 3.8) is 0 Å². The first-order chi connectivity index (χ1) is 8.58. The minimum absolute atomic E-state index is 0.147. The Balaban J connectivity index is 2.76. The topological polar surface area (TPSA) is 47.3 Å². The van der Waals surface area contributed by atoms with Gasteiger partial charge in [0, 0.05) is 13.2 Å². The Bertz CT molecular complexity index is 388. The van der Waals surface area contributed by atoms with Crippen molar-refractivity contribution in [2.24, 2.45) is 5.73 Å². The smallest absolute Gasteiger partial charge is 0.0664 e. The summed E-state index contributed by atoms with van der Waals surface area (Å²) in [4.78, 5) is 0. The van der Waals surface area contributed by atoms with Crippen LogP contribution in [0.15, 0.2) is 12.1 Å². The highest BCUT2D eigenvalue weighted by Gasteiger charge is 2.12. The summed E-state index contributed by atoms with van der Waals surface area (Å²) in [7, 11) is 1.66. The van der Waals surface area contributed by atoms with Gasteiger partial charge in [0.1, 0.15) is 0 Å². The largest absolute Gasteiger partial charge is 0.383 e. The molecule has 3 N–H and O–H groups in total. The molecule has 18 heavy (non-hydrogen) atoms. The number of benzene rings is 1. The second-order valence-corrected chi connectivity index (χ2v) is 5.20. The van der Waals surface area contributed by atoms with E-state index in [2.05, 4.69) is 5.32 Å². The maximum atomic E-state index is 6.11. The van der Waals surface area contributed by atoms with Gasteiger partial charge in [-0.1, -0.05) is 34.8 Å². The molecule has 102 valence electrons. The van der Waals surface area contributed by atoms with Crippen molar-refractivity contribution < 1.29 is 4.74 Å². The molecule has 0 saturated heterocycles. The first-order valence-electron chi connectivity index (χ1n) is 5.68. The van der Waals surface area contributed by atoms with E-state index < -0.39 is 0 Å². The molecule has 0 aliphatic heterocycles. The van der Waals surface area contributed by atoms with Gasteiger partial charge in [-0.05, 0) is 31.5 Å². The first kappa shape index (κ1) is 15.9. The number of nitrogens with one attached hydrogen (secondary N) is 1.